The molecule has 0 spiro atoms. The third kappa shape index (κ3) is 3.95. The molecule has 0 aliphatic rings. The molecule has 0 saturated carbocycles. The van der Waals surface area contributed by atoms with Gasteiger partial charge in [0.2, 0.25) is 0 Å². The second-order valence-corrected chi connectivity index (χ2v) is 7.16. The van der Waals surface area contributed by atoms with Crippen molar-refractivity contribution >= 4 is 22.5 Å². The molecule has 0 saturated heterocycles. The molecule has 24 heavy (non-hydrogen) atoms. The van der Waals surface area contributed by atoms with Gasteiger partial charge in [-0.3, -0.25) is 0 Å². The molecule has 8 heteroatoms. The Morgan fingerprint density at radius 1 is 1.04 bits per heavy atom. The molecule has 0 radical (unpaired) electrons. The van der Waals surface area contributed by atoms with Crippen molar-refractivity contribution < 1.29 is 17.7 Å². The zero-order valence-corrected chi connectivity index (χ0v) is 13.8. The van der Waals surface area contributed by atoms with Crippen LogP contribution in [0.2, 0.25) is 0 Å². The van der Waals surface area contributed by atoms with Crippen LogP contribution in [0.15, 0.2) is 59.1 Å². The van der Waals surface area contributed by atoms with Crippen LogP contribution in [0, 0.1) is 0 Å². The second kappa shape index (κ2) is 6.92. The molecule has 0 N–H and O–H groups in total. The highest BCUT2D eigenvalue weighted by molar-refractivity contribution is 7.90. The van der Waals surface area contributed by atoms with Crippen molar-refractivity contribution in [3.05, 3.63) is 65.2 Å². The van der Waals surface area contributed by atoms with Crippen LogP contribution in [0.1, 0.15) is 11.3 Å². The highest BCUT2D eigenvalue weighted by Crippen LogP contribution is 2.32. The molecule has 0 amide bonds. The van der Waals surface area contributed by atoms with E-state index >= 15 is 0 Å². The van der Waals surface area contributed by atoms with E-state index in [1.807, 2.05) is 6.07 Å². The SMILES string of the molecule is [O-][S+](Cc1ccccc1)c1nc(-c2cccs2)cc(C(F)(F)F)n1. The number of nitrogens with zero attached hydrogens (tertiary/aromatic N) is 2. The van der Waals surface area contributed by atoms with E-state index in [-0.39, 0.29) is 16.6 Å². The lowest BCUT2D eigenvalue weighted by molar-refractivity contribution is -0.141. The lowest BCUT2D eigenvalue weighted by atomic mass is 10.2. The molecule has 2 heterocycles. The molecule has 2 aromatic heterocycles. The summed E-state index contributed by atoms with van der Waals surface area (Å²) >= 11 is -0.506. The Balaban J connectivity index is 1.98. The van der Waals surface area contributed by atoms with Crippen LogP contribution in [-0.4, -0.2) is 14.5 Å². The summed E-state index contributed by atoms with van der Waals surface area (Å²) in [6, 6.07) is 13.1. The highest BCUT2D eigenvalue weighted by atomic mass is 32.2. The number of halogens is 3. The van der Waals surface area contributed by atoms with Crippen molar-refractivity contribution in [2.75, 3.05) is 0 Å². The van der Waals surface area contributed by atoms with Crippen LogP contribution in [0.4, 0.5) is 13.2 Å². The van der Waals surface area contributed by atoms with Gasteiger partial charge in [0.25, 0.3) is 0 Å². The zero-order chi connectivity index (χ0) is 17.2. The molecule has 0 bridgehead atoms. The molecule has 0 fully saturated rings. The first-order valence-corrected chi connectivity index (χ1v) is 9.06. The first kappa shape index (κ1) is 16.9. The monoisotopic (exact) mass is 368 g/mol. The van der Waals surface area contributed by atoms with Crippen molar-refractivity contribution in [3.8, 4) is 10.6 Å². The number of benzene rings is 1. The van der Waals surface area contributed by atoms with Crippen LogP contribution < -0.4 is 0 Å². The Morgan fingerprint density at radius 3 is 2.42 bits per heavy atom. The summed E-state index contributed by atoms with van der Waals surface area (Å²) < 4.78 is 51.7. The maximum Gasteiger partial charge on any atom is 0.433 e. The molecule has 124 valence electrons. The molecule has 3 nitrogen and oxygen atoms in total. The van der Waals surface area contributed by atoms with E-state index in [1.54, 1.807) is 41.8 Å². The first-order chi connectivity index (χ1) is 11.4. The molecule has 1 unspecified atom stereocenters. The van der Waals surface area contributed by atoms with E-state index < -0.39 is 23.0 Å². The minimum Gasteiger partial charge on any atom is -0.609 e. The number of thiophene rings is 1. The average Bonchev–Trinajstić information content (AvgIpc) is 3.09. The topological polar surface area (TPSA) is 48.8 Å². The smallest absolute Gasteiger partial charge is 0.433 e. The number of alkyl halides is 3. The first-order valence-electron chi connectivity index (χ1n) is 6.86. The Bertz CT molecular complexity index is 808. The quantitative estimate of drug-likeness (QED) is 0.502. The van der Waals surface area contributed by atoms with Gasteiger partial charge in [0, 0.05) is 16.7 Å². The van der Waals surface area contributed by atoms with Gasteiger partial charge in [0.1, 0.15) is 5.75 Å². The largest absolute Gasteiger partial charge is 0.609 e. The van der Waals surface area contributed by atoms with Crippen LogP contribution in [-0.2, 0) is 23.1 Å². The minimum atomic E-state index is -4.62. The summed E-state index contributed by atoms with van der Waals surface area (Å²) in [4.78, 5) is 8.13. The number of rotatable bonds is 4. The van der Waals surface area contributed by atoms with Gasteiger partial charge in [-0.2, -0.15) is 23.1 Å². The van der Waals surface area contributed by atoms with Gasteiger partial charge < -0.3 is 4.55 Å². The predicted molar refractivity (Wildman–Crippen MR) is 86.9 cm³/mol. The Morgan fingerprint density at radius 2 is 1.79 bits per heavy atom. The van der Waals surface area contributed by atoms with Gasteiger partial charge >= 0.3 is 11.3 Å². The zero-order valence-electron chi connectivity index (χ0n) is 12.2. The molecule has 0 aliphatic heterocycles. The van der Waals surface area contributed by atoms with E-state index in [1.165, 1.54) is 11.3 Å². The van der Waals surface area contributed by atoms with E-state index in [0.717, 1.165) is 11.6 Å². The van der Waals surface area contributed by atoms with Gasteiger partial charge in [-0.25, -0.2) is 0 Å². The molecular formula is C16H11F3N2OS2. The van der Waals surface area contributed by atoms with Crippen LogP contribution >= 0.6 is 11.3 Å². The Kier molecular flexibility index (Phi) is 4.88. The summed E-state index contributed by atoms with van der Waals surface area (Å²) in [5, 5.41) is 1.43. The predicted octanol–water partition coefficient (Wildman–Crippen LogP) is 4.53. The van der Waals surface area contributed by atoms with Crippen LogP contribution in [0.3, 0.4) is 0 Å². The average molecular weight is 368 g/mol. The van der Waals surface area contributed by atoms with Crippen molar-refractivity contribution in [2.45, 2.75) is 17.1 Å². The van der Waals surface area contributed by atoms with Crippen molar-refractivity contribution in [2.24, 2.45) is 0 Å². The molecular weight excluding hydrogens is 357 g/mol. The fourth-order valence-corrected chi connectivity index (χ4v) is 3.72. The van der Waals surface area contributed by atoms with Crippen molar-refractivity contribution in [3.63, 3.8) is 0 Å². The molecule has 3 rings (SSSR count). The van der Waals surface area contributed by atoms with Crippen molar-refractivity contribution in [1.29, 1.82) is 0 Å². The van der Waals surface area contributed by atoms with Gasteiger partial charge in [-0.15, -0.1) is 11.3 Å². The third-order valence-electron chi connectivity index (χ3n) is 3.11. The number of hydrogen-bond acceptors (Lipinski definition) is 4. The van der Waals surface area contributed by atoms with E-state index in [0.29, 0.717) is 4.88 Å². The fourth-order valence-electron chi connectivity index (χ4n) is 2.01. The minimum absolute atomic E-state index is 0.0615. The van der Waals surface area contributed by atoms with Gasteiger partial charge in [-0.1, -0.05) is 36.4 Å². The van der Waals surface area contributed by atoms with Gasteiger partial charge in [-0.05, 0) is 17.5 Å². The molecule has 1 aromatic carbocycles. The number of hydrogen-bond donors (Lipinski definition) is 0. The summed E-state index contributed by atoms with van der Waals surface area (Å²) in [5.41, 5.74) is -0.212. The summed E-state index contributed by atoms with van der Waals surface area (Å²) in [7, 11) is 0. The van der Waals surface area contributed by atoms with E-state index in [2.05, 4.69) is 9.97 Å². The summed E-state index contributed by atoms with van der Waals surface area (Å²) in [6.45, 7) is 0. The third-order valence-corrected chi connectivity index (χ3v) is 5.19. The molecule has 3 aromatic rings. The maximum absolute atomic E-state index is 13.1. The lowest BCUT2D eigenvalue weighted by Gasteiger charge is -2.12. The Labute approximate surface area is 143 Å². The maximum atomic E-state index is 13.1. The molecule has 1 atom stereocenters. The highest BCUT2D eigenvalue weighted by Gasteiger charge is 2.35. The second-order valence-electron chi connectivity index (χ2n) is 4.87. The standard InChI is InChI=1S/C16H11F3N2OS2/c17-16(18,19)14-9-12(13-7-4-8-23-13)20-15(21-14)24(22)10-11-5-2-1-3-6-11/h1-9H,10H2. The van der Waals surface area contributed by atoms with E-state index in [4.69, 9.17) is 0 Å². The van der Waals surface area contributed by atoms with Crippen LogP contribution in [0.5, 0.6) is 0 Å². The number of aromatic nitrogens is 2. The van der Waals surface area contributed by atoms with E-state index in [9.17, 15) is 17.7 Å². The van der Waals surface area contributed by atoms with Crippen LogP contribution in [0.25, 0.3) is 10.6 Å². The summed E-state index contributed by atoms with van der Waals surface area (Å²) in [5.74, 6) is 0.0615. The van der Waals surface area contributed by atoms with Gasteiger partial charge in [0.05, 0.1) is 10.6 Å². The summed E-state index contributed by atoms with van der Waals surface area (Å²) in [6.07, 6.45) is -4.62. The van der Waals surface area contributed by atoms with Crippen molar-refractivity contribution in [1.82, 2.24) is 9.97 Å². The Hall–Kier alpha value is -1.90. The normalized spacial score (nSPS) is 13.0. The fraction of sp³-hybridized carbons (Fsp3) is 0.125. The lowest BCUT2D eigenvalue weighted by Crippen LogP contribution is -2.16. The molecule has 0 aliphatic carbocycles. The van der Waals surface area contributed by atoms with Gasteiger partial charge in [0.15, 0.2) is 5.69 Å².